The van der Waals surface area contributed by atoms with E-state index in [1.54, 1.807) is 0 Å². The van der Waals surface area contributed by atoms with E-state index >= 15 is 0 Å². The summed E-state index contributed by atoms with van der Waals surface area (Å²) in [5, 5.41) is 0. The van der Waals surface area contributed by atoms with E-state index in [9.17, 15) is 18.0 Å². The Morgan fingerprint density at radius 1 is 1.56 bits per heavy atom. The lowest BCUT2D eigenvalue weighted by Crippen LogP contribution is -2.03. The Morgan fingerprint density at radius 3 is 2.11 bits per heavy atom. The molecule has 0 saturated heterocycles. The highest BCUT2D eigenvalue weighted by Crippen LogP contribution is 2.30. The summed E-state index contributed by atoms with van der Waals surface area (Å²) in [5.41, 5.74) is -4.49. The molecule has 0 radical (unpaired) electrons. The molecule has 0 aliphatic carbocycles. The molecule has 54 valence electrons. The summed E-state index contributed by atoms with van der Waals surface area (Å²) in [7, 11) is 0. The topological polar surface area (TPSA) is 26.3 Å². The Morgan fingerprint density at radius 2 is 2.00 bits per heavy atom. The van der Waals surface area contributed by atoms with Crippen LogP contribution in [0, 0.1) is 0 Å². The van der Waals surface area contributed by atoms with E-state index in [2.05, 4.69) is 4.18 Å². The van der Waals surface area contributed by atoms with E-state index in [0.717, 1.165) is 6.92 Å². The number of carbonyl (C=O) groups excluding carboxylic acids is 1. The highest BCUT2D eigenvalue weighted by molar-refractivity contribution is 7.95. The fraction of sp³-hybridized carbons (Fsp3) is 0.667. The van der Waals surface area contributed by atoms with E-state index in [-0.39, 0.29) is 0 Å². The SMILES string of the molecule is CC(=O)OSC(F)(F)F. The minimum Gasteiger partial charge on any atom is -0.382 e. The molecule has 0 aromatic heterocycles. The number of hydrogen-bond donors (Lipinski definition) is 0. The fourth-order valence-corrected chi connectivity index (χ4v) is 0.318. The standard InChI is InChI=1S/C3H3F3O2S/c1-2(7)8-9-3(4,5)6/h1H3. The molecule has 0 fully saturated rings. The zero-order valence-electron chi connectivity index (χ0n) is 4.36. The summed E-state index contributed by atoms with van der Waals surface area (Å²) >= 11 is -0.808. The molecule has 0 aliphatic rings. The number of alkyl halides is 3. The minimum atomic E-state index is -4.49. The van der Waals surface area contributed by atoms with Crippen molar-refractivity contribution in [2.45, 2.75) is 12.4 Å². The predicted molar refractivity (Wildman–Crippen MR) is 25.4 cm³/mol. The molecule has 0 heterocycles. The second-order valence-corrected chi connectivity index (χ2v) is 1.90. The van der Waals surface area contributed by atoms with Crippen molar-refractivity contribution in [2.24, 2.45) is 0 Å². The first-order chi connectivity index (χ1) is 3.92. The largest absolute Gasteiger partial charge is 0.479 e. The van der Waals surface area contributed by atoms with E-state index < -0.39 is 23.5 Å². The van der Waals surface area contributed by atoms with Gasteiger partial charge in [-0.2, -0.15) is 13.2 Å². The molecule has 0 aliphatic heterocycles. The van der Waals surface area contributed by atoms with Crippen molar-refractivity contribution < 1.29 is 22.1 Å². The van der Waals surface area contributed by atoms with Crippen molar-refractivity contribution in [2.75, 3.05) is 0 Å². The minimum absolute atomic E-state index is 0.808. The molecule has 9 heavy (non-hydrogen) atoms. The van der Waals surface area contributed by atoms with Crippen LogP contribution in [0.25, 0.3) is 0 Å². The van der Waals surface area contributed by atoms with Gasteiger partial charge in [-0.25, -0.2) is 0 Å². The number of carbonyl (C=O) groups is 1. The normalized spacial score (nSPS) is 11.1. The van der Waals surface area contributed by atoms with Crippen LogP contribution in [0.4, 0.5) is 13.2 Å². The number of rotatable bonds is 1. The van der Waals surface area contributed by atoms with Crippen molar-refractivity contribution in [3.05, 3.63) is 0 Å². The molecule has 0 spiro atoms. The van der Waals surface area contributed by atoms with Gasteiger partial charge in [0.05, 0.1) is 0 Å². The van der Waals surface area contributed by atoms with Gasteiger partial charge in [0.1, 0.15) is 0 Å². The number of hydrogen-bond acceptors (Lipinski definition) is 3. The molecule has 0 bridgehead atoms. The van der Waals surface area contributed by atoms with Crippen LogP contribution >= 0.6 is 12.0 Å². The van der Waals surface area contributed by atoms with Crippen LogP contribution in [0.1, 0.15) is 6.92 Å². The molecule has 0 unspecified atom stereocenters. The van der Waals surface area contributed by atoms with Crippen LogP contribution in [0.3, 0.4) is 0 Å². The molecule has 0 aromatic rings. The summed E-state index contributed by atoms with van der Waals surface area (Å²) in [6.07, 6.45) is 0. The summed E-state index contributed by atoms with van der Waals surface area (Å²) in [5.74, 6) is -0.961. The lowest BCUT2D eigenvalue weighted by molar-refractivity contribution is -0.132. The van der Waals surface area contributed by atoms with Crippen LogP contribution < -0.4 is 0 Å². The lowest BCUT2D eigenvalue weighted by Gasteiger charge is -2.01. The molecule has 0 rings (SSSR count). The van der Waals surface area contributed by atoms with Crippen molar-refractivity contribution in [1.82, 2.24) is 0 Å². The molecule has 0 atom stereocenters. The van der Waals surface area contributed by atoms with Crippen LogP contribution in [0.15, 0.2) is 0 Å². The van der Waals surface area contributed by atoms with Crippen LogP contribution in [0.5, 0.6) is 0 Å². The molecule has 0 aromatic carbocycles. The van der Waals surface area contributed by atoms with Crippen molar-refractivity contribution in [3.63, 3.8) is 0 Å². The third-order valence-corrected chi connectivity index (χ3v) is 0.761. The molecule has 0 amide bonds. The van der Waals surface area contributed by atoms with Gasteiger partial charge in [-0.15, -0.1) is 0 Å². The van der Waals surface area contributed by atoms with Gasteiger partial charge in [0.2, 0.25) is 0 Å². The van der Waals surface area contributed by atoms with Crippen molar-refractivity contribution >= 4 is 18.0 Å². The Kier molecular flexibility index (Phi) is 2.83. The summed E-state index contributed by atoms with van der Waals surface area (Å²) in [4.78, 5) is 9.75. The maximum atomic E-state index is 11.1. The van der Waals surface area contributed by atoms with Crippen LogP contribution in [-0.2, 0) is 8.98 Å². The Balaban J connectivity index is 3.39. The average Bonchev–Trinajstić information content (AvgIpc) is 1.59. The molecule has 0 N–H and O–H groups in total. The molecular formula is C3H3F3O2S. The molecule has 0 saturated carbocycles. The summed E-state index contributed by atoms with van der Waals surface area (Å²) < 4.78 is 36.9. The highest BCUT2D eigenvalue weighted by Gasteiger charge is 2.31. The van der Waals surface area contributed by atoms with Crippen LogP contribution in [-0.4, -0.2) is 11.5 Å². The lowest BCUT2D eigenvalue weighted by atomic mass is 10.9. The van der Waals surface area contributed by atoms with E-state index in [1.807, 2.05) is 0 Å². The third-order valence-electron chi connectivity index (χ3n) is 0.254. The van der Waals surface area contributed by atoms with E-state index in [4.69, 9.17) is 0 Å². The maximum Gasteiger partial charge on any atom is 0.479 e. The van der Waals surface area contributed by atoms with Gasteiger partial charge in [-0.3, -0.25) is 4.79 Å². The molecular weight excluding hydrogens is 157 g/mol. The number of halogens is 3. The first kappa shape index (κ1) is 8.61. The van der Waals surface area contributed by atoms with Crippen LogP contribution in [0.2, 0.25) is 0 Å². The zero-order chi connectivity index (χ0) is 7.49. The van der Waals surface area contributed by atoms with Gasteiger partial charge < -0.3 is 4.18 Å². The predicted octanol–water partition coefficient (Wildman–Crippen LogP) is 1.72. The second kappa shape index (κ2) is 2.95. The quantitative estimate of drug-likeness (QED) is 0.546. The summed E-state index contributed by atoms with van der Waals surface area (Å²) in [6, 6.07) is 0. The highest BCUT2D eigenvalue weighted by atomic mass is 32.2. The van der Waals surface area contributed by atoms with Gasteiger partial charge in [-0.05, 0) is 0 Å². The maximum absolute atomic E-state index is 11.1. The molecule has 2 nitrogen and oxygen atoms in total. The van der Waals surface area contributed by atoms with E-state index in [1.165, 1.54) is 0 Å². The van der Waals surface area contributed by atoms with E-state index in [0.29, 0.717) is 0 Å². The van der Waals surface area contributed by atoms with Crippen molar-refractivity contribution in [1.29, 1.82) is 0 Å². The van der Waals surface area contributed by atoms with Crippen molar-refractivity contribution in [3.8, 4) is 0 Å². The Hall–Kier alpha value is -0.390. The Bertz CT molecular complexity index is 110. The first-order valence-corrected chi connectivity index (χ1v) is 2.59. The Labute approximate surface area is 53.6 Å². The zero-order valence-corrected chi connectivity index (χ0v) is 5.18. The summed E-state index contributed by atoms with van der Waals surface area (Å²) in [6.45, 7) is 0.902. The third kappa shape index (κ3) is 7.61. The molecule has 6 heteroatoms. The fourth-order valence-electron chi connectivity index (χ4n) is 0.106. The van der Waals surface area contributed by atoms with Gasteiger partial charge in [0, 0.05) is 6.92 Å². The van der Waals surface area contributed by atoms with Gasteiger partial charge in [-0.1, -0.05) is 0 Å². The monoisotopic (exact) mass is 160 g/mol. The second-order valence-electron chi connectivity index (χ2n) is 1.10. The average molecular weight is 160 g/mol. The first-order valence-electron chi connectivity index (χ1n) is 1.85. The van der Waals surface area contributed by atoms with Gasteiger partial charge in [0.25, 0.3) is 0 Å². The van der Waals surface area contributed by atoms with Gasteiger partial charge in [0.15, 0.2) is 12.0 Å². The van der Waals surface area contributed by atoms with Gasteiger partial charge >= 0.3 is 11.5 Å². The smallest absolute Gasteiger partial charge is 0.382 e.